The molecule has 3 rings (SSSR count). The minimum atomic E-state index is -0.464. The summed E-state index contributed by atoms with van der Waals surface area (Å²) in [6, 6.07) is 1.58. The van der Waals surface area contributed by atoms with Crippen LogP contribution in [0.1, 0.15) is 35.2 Å². The summed E-state index contributed by atoms with van der Waals surface area (Å²) in [5.41, 5.74) is 1.31. The summed E-state index contributed by atoms with van der Waals surface area (Å²) in [5, 5.41) is 10.4. The van der Waals surface area contributed by atoms with E-state index in [4.69, 9.17) is 16.3 Å². The van der Waals surface area contributed by atoms with Crippen molar-refractivity contribution in [2.45, 2.75) is 38.3 Å². The van der Waals surface area contributed by atoms with Gasteiger partial charge in [-0.2, -0.15) is 0 Å². The Balaban J connectivity index is 1.99. The van der Waals surface area contributed by atoms with Crippen molar-refractivity contribution in [1.82, 2.24) is 4.90 Å². The number of nitrogens with zero attached hydrogens (tertiary/aromatic N) is 1. The zero-order chi connectivity index (χ0) is 14.4. The van der Waals surface area contributed by atoms with E-state index in [1.54, 1.807) is 11.0 Å². The maximum atomic E-state index is 12.6. The first-order valence-electron chi connectivity index (χ1n) is 6.61. The Labute approximate surface area is 130 Å². The third-order valence-electron chi connectivity index (χ3n) is 4.09. The van der Waals surface area contributed by atoms with Gasteiger partial charge in [0.25, 0.3) is 5.91 Å². The number of benzene rings is 1. The van der Waals surface area contributed by atoms with Gasteiger partial charge >= 0.3 is 0 Å². The first-order chi connectivity index (χ1) is 9.50. The van der Waals surface area contributed by atoms with E-state index in [0.29, 0.717) is 16.3 Å². The lowest BCUT2D eigenvalue weighted by atomic mass is 10.1. The number of amides is 1. The smallest absolute Gasteiger partial charge is 0.260 e. The maximum absolute atomic E-state index is 12.6. The Morgan fingerprint density at radius 3 is 2.90 bits per heavy atom. The number of rotatable bonds is 1. The molecule has 6 heteroatoms. The van der Waals surface area contributed by atoms with Gasteiger partial charge in [-0.15, -0.1) is 0 Å². The lowest BCUT2D eigenvalue weighted by molar-refractivity contribution is 0.0127. The third kappa shape index (κ3) is 2.12. The molecule has 0 radical (unpaired) electrons. The van der Waals surface area contributed by atoms with E-state index in [1.807, 2.05) is 6.92 Å². The first-order valence-corrected chi connectivity index (χ1v) is 7.78. The average molecular weight is 361 g/mol. The normalized spacial score (nSPS) is 25.6. The zero-order valence-corrected chi connectivity index (χ0v) is 13.4. The molecule has 1 fully saturated rings. The van der Waals surface area contributed by atoms with Crippen molar-refractivity contribution in [1.29, 1.82) is 0 Å². The highest BCUT2D eigenvalue weighted by Crippen LogP contribution is 2.40. The number of carbonyl (C=O) groups excluding carboxylic acids is 1. The van der Waals surface area contributed by atoms with Gasteiger partial charge in [0.05, 0.1) is 22.7 Å². The molecule has 0 bridgehead atoms. The molecule has 4 nitrogen and oxygen atoms in total. The van der Waals surface area contributed by atoms with Crippen LogP contribution in [0.4, 0.5) is 0 Å². The van der Waals surface area contributed by atoms with E-state index in [9.17, 15) is 9.90 Å². The van der Waals surface area contributed by atoms with E-state index in [-0.39, 0.29) is 18.7 Å². The van der Waals surface area contributed by atoms with Crippen LogP contribution >= 0.6 is 27.5 Å². The molecule has 1 aromatic carbocycles. The van der Waals surface area contributed by atoms with Crippen LogP contribution in [0, 0.1) is 6.92 Å². The summed E-state index contributed by atoms with van der Waals surface area (Å²) in [6.45, 7) is 2.02. The lowest BCUT2D eigenvalue weighted by Gasteiger charge is -2.35. The van der Waals surface area contributed by atoms with Gasteiger partial charge in [0.15, 0.2) is 12.5 Å². The van der Waals surface area contributed by atoms with Crippen LogP contribution in [0.25, 0.3) is 0 Å². The van der Waals surface area contributed by atoms with Crippen LogP contribution in [-0.2, 0) is 0 Å². The second-order valence-corrected chi connectivity index (χ2v) is 6.52. The van der Waals surface area contributed by atoms with E-state index >= 15 is 0 Å². The molecule has 1 aliphatic carbocycles. The van der Waals surface area contributed by atoms with E-state index < -0.39 is 6.10 Å². The van der Waals surface area contributed by atoms with Crippen LogP contribution in [0.2, 0.25) is 5.02 Å². The number of fused-ring (bicyclic) bond motifs is 1. The Hall–Kier alpha value is -0.780. The fourth-order valence-electron chi connectivity index (χ4n) is 2.87. The summed E-state index contributed by atoms with van der Waals surface area (Å²) >= 11 is 9.65. The third-order valence-corrected chi connectivity index (χ3v) is 5.36. The van der Waals surface area contributed by atoms with Crippen molar-refractivity contribution in [2.24, 2.45) is 0 Å². The van der Waals surface area contributed by atoms with E-state index in [2.05, 4.69) is 15.9 Å². The lowest BCUT2D eigenvalue weighted by Crippen LogP contribution is -2.48. The minimum Gasteiger partial charge on any atom is -0.471 e. The van der Waals surface area contributed by atoms with Gasteiger partial charge in [0, 0.05) is 4.47 Å². The molecule has 1 aliphatic heterocycles. The molecule has 0 aromatic heterocycles. The number of halogens is 2. The van der Waals surface area contributed by atoms with Gasteiger partial charge < -0.3 is 9.84 Å². The topological polar surface area (TPSA) is 49.8 Å². The molecule has 1 amide bonds. The molecule has 1 aromatic rings. The quantitative estimate of drug-likeness (QED) is 0.837. The van der Waals surface area contributed by atoms with Crippen molar-refractivity contribution >= 4 is 33.4 Å². The fraction of sp³-hybridized carbons (Fsp3) is 0.500. The first kappa shape index (κ1) is 14.2. The van der Waals surface area contributed by atoms with Crippen molar-refractivity contribution in [2.75, 3.05) is 6.73 Å². The zero-order valence-electron chi connectivity index (χ0n) is 11.0. The second kappa shape index (κ2) is 5.20. The molecule has 1 heterocycles. The average Bonchev–Trinajstić information content (AvgIpc) is 2.84. The van der Waals surface area contributed by atoms with Crippen LogP contribution in [0.5, 0.6) is 5.75 Å². The molecule has 2 atom stereocenters. The molecular formula is C14H15BrClNO3. The number of carbonyl (C=O) groups is 1. The highest BCUT2D eigenvalue weighted by Gasteiger charge is 2.38. The summed E-state index contributed by atoms with van der Waals surface area (Å²) in [7, 11) is 0. The monoisotopic (exact) mass is 359 g/mol. The summed E-state index contributed by atoms with van der Waals surface area (Å²) < 4.78 is 6.46. The van der Waals surface area contributed by atoms with Crippen molar-refractivity contribution < 1.29 is 14.6 Å². The van der Waals surface area contributed by atoms with Crippen molar-refractivity contribution in [3.8, 4) is 5.75 Å². The molecule has 0 saturated heterocycles. The number of aliphatic hydroxyl groups excluding tert-OH is 1. The second-order valence-electron chi connectivity index (χ2n) is 5.29. The molecule has 2 unspecified atom stereocenters. The molecule has 1 saturated carbocycles. The standard InChI is InChI=1S/C14H15BrClNO3/c1-7-9(15)5-8-13(12(7)16)20-6-17(14(8)19)10-3-2-4-11(10)18/h5,10-11,18H,2-4,6H2,1H3. The van der Waals surface area contributed by atoms with Crippen LogP contribution in [0.3, 0.4) is 0 Å². The predicted molar refractivity (Wildman–Crippen MR) is 79.2 cm³/mol. The summed E-state index contributed by atoms with van der Waals surface area (Å²) in [6.07, 6.45) is 2.01. The molecular weight excluding hydrogens is 346 g/mol. The van der Waals surface area contributed by atoms with Crippen LogP contribution < -0.4 is 4.74 Å². The Morgan fingerprint density at radius 2 is 2.25 bits per heavy atom. The summed E-state index contributed by atoms with van der Waals surface area (Å²) in [5.74, 6) is 0.320. The number of hydrogen-bond acceptors (Lipinski definition) is 3. The SMILES string of the molecule is Cc1c(Br)cc2c(c1Cl)OCN(C1CCCC1O)C2=O. The van der Waals surface area contributed by atoms with E-state index in [0.717, 1.165) is 29.3 Å². The van der Waals surface area contributed by atoms with Gasteiger partial charge in [-0.05, 0) is 37.8 Å². The van der Waals surface area contributed by atoms with Crippen molar-refractivity contribution in [3.05, 3.63) is 26.7 Å². The van der Waals surface area contributed by atoms with Gasteiger partial charge in [-0.25, -0.2) is 0 Å². The van der Waals surface area contributed by atoms with Gasteiger partial charge in [0.1, 0.15) is 0 Å². The van der Waals surface area contributed by atoms with E-state index in [1.165, 1.54) is 0 Å². The van der Waals surface area contributed by atoms with Crippen LogP contribution in [0.15, 0.2) is 10.5 Å². The predicted octanol–water partition coefficient (Wildman–Crippen LogP) is 3.12. The molecule has 20 heavy (non-hydrogen) atoms. The fourth-order valence-corrected chi connectivity index (χ4v) is 3.67. The number of aliphatic hydroxyl groups is 1. The molecule has 2 aliphatic rings. The number of ether oxygens (including phenoxy) is 1. The van der Waals surface area contributed by atoms with Crippen LogP contribution in [-0.4, -0.2) is 34.8 Å². The molecule has 1 N–H and O–H groups in total. The van der Waals surface area contributed by atoms with Gasteiger partial charge in [-0.1, -0.05) is 27.5 Å². The Bertz CT molecular complexity index is 578. The summed E-state index contributed by atoms with van der Waals surface area (Å²) in [4.78, 5) is 14.2. The Morgan fingerprint density at radius 1 is 1.50 bits per heavy atom. The van der Waals surface area contributed by atoms with Gasteiger partial charge in [0.2, 0.25) is 0 Å². The molecule has 108 valence electrons. The Kier molecular flexibility index (Phi) is 3.69. The van der Waals surface area contributed by atoms with Gasteiger partial charge in [-0.3, -0.25) is 9.69 Å². The maximum Gasteiger partial charge on any atom is 0.260 e. The largest absolute Gasteiger partial charge is 0.471 e. The number of hydrogen-bond donors (Lipinski definition) is 1. The van der Waals surface area contributed by atoms with Crippen molar-refractivity contribution in [3.63, 3.8) is 0 Å². The highest BCUT2D eigenvalue weighted by atomic mass is 79.9. The highest BCUT2D eigenvalue weighted by molar-refractivity contribution is 9.10. The molecule has 0 spiro atoms. The minimum absolute atomic E-state index is 0.125.